The van der Waals surface area contributed by atoms with Gasteiger partial charge in [0.25, 0.3) is 5.91 Å². The van der Waals surface area contributed by atoms with E-state index < -0.39 is 0 Å². The van der Waals surface area contributed by atoms with Gasteiger partial charge < -0.3 is 15.1 Å². The van der Waals surface area contributed by atoms with E-state index in [2.05, 4.69) is 60.6 Å². The number of benzene rings is 2. The molecule has 158 valence electrons. The van der Waals surface area contributed by atoms with Crippen LogP contribution in [0.3, 0.4) is 0 Å². The molecule has 4 fully saturated rings. The molecule has 4 bridgehead atoms. The number of hydrogen-bond donors (Lipinski definition) is 2. The molecule has 7 rings (SSSR count). The Morgan fingerprint density at radius 1 is 1.00 bits per heavy atom. The molecule has 1 amide bonds. The number of carbonyl (C=O) groups excluding carboxylic acids is 1. The van der Waals surface area contributed by atoms with Gasteiger partial charge in [0.2, 0.25) is 0 Å². The first kappa shape index (κ1) is 18.7. The van der Waals surface area contributed by atoms with Gasteiger partial charge in [0.15, 0.2) is 5.82 Å². The van der Waals surface area contributed by atoms with E-state index in [-0.39, 0.29) is 17.4 Å². The third-order valence-corrected chi connectivity index (χ3v) is 7.27. The fourth-order valence-electron chi connectivity index (χ4n) is 6.01. The smallest absolute Gasteiger partial charge is 0.252 e. The number of nitrogens with one attached hydrogen (secondary N) is 2. The highest BCUT2D eigenvalue weighted by Gasteiger charge is 2.55. The van der Waals surface area contributed by atoms with E-state index in [1.54, 1.807) is 0 Å². The predicted molar refractivity (Wildman–Crippen MR) is 118 cm³/mol. The van der Waals surface area contributed by atoms with E-state index in [1.165, 1.54) is 11.9 Å². The average Bonchev–Trinajstić information content (AvgIpc) is 3.22. The Morgan fingerprint density at radius 2 is 1.71 bits per heavy atom. The molecule has 5 heterocycles. The summed E-state index contributed by atoms with van der Waals surface area (Å²) in [5.41, 5.74) is 2.63. The van der Waals surface area contributed by atoms with Crippen LogP contribution in [-0.4, -0.2) is 76.2 Å². The number of aromatic amines is 1. The van der Waals surface area contributed by atoms with Gasteiger partial charge in [-0.25, -0.2) is 4.98 Å². The van der Waals surface area contributed by atoms with Gasteiger partial charge in [0.05, 0.1) is 5.56 Å². The van der Waals surface area contributed by atoms with Crippen molar-refractivity contribution in [2.24, 2.45) is 5.92 Å². The Kier molecular flexibility index (Phi) is 4.40. The van der Waals surface area contributed by atoms with E-state index in [1.807, 2.05) is 24.3 Å². The van der Waals surface area contributed by atoms with Crippen LogP contribution in [0, 0.1) is 5.92 Å². The van der Waals surface area contributed by atoms with Crippen molar-refractivity contribution >= 4 is 5.91 Å². The fourth-order valence-corrected chi connectivity index (χ4v) is 6.01. The zero-order valence-corrected chi connectivity index (χ0v) is 17.4. The minimum absolute atomic E-state index is 0.0385. The van der Waals surface area contributed by atoms with Gasteiger partial charge in [-0.2, -0.15) is 5.10 Å². The van der Waals surface area contributed by atoms with Crippen LogP contribution in [0.2, 0.25) is 0 Å². The Bertz CT molecular complexity index is 1070. The third-order valence-electron chi connectivity index (χ3n) is 7.27. The van der Waals surface area contributed by atoms with Crippen molar-refractivity contribution in [3.63, 3.8) is 0 Å². The number of aromatic nitrogens is 3. The maximum Gasteiger partial charge on any atom is 0.252 e. The molecule has 31 heavy (non-hydrogen) atoms. The van der Waals surface area contributed by atoms with Crippen LogP contribution in [0.15, 0.2) is 60.9 Å². The van der Waals surface area contributed by atoms with Gasteiger partial charge in [0.1, 0.15) is 6.33 Å². The van der Waals surface area contributed by atoms with Crippen LogP contribution in [0.25, 0.3) is 11.4 Å². The zero-order chi connectivity index (χ0) is 20.8. The quantitative estimate of drug-likeness (QED) is 0.681. The van der Waals surface area contributed by atoms with E-state index in [0.717, 1.165) is 44.8 Å². The number of nitrogens with zero attached hydrogens (tertiary/aromatic N) is 4. The summed E-state index contributed by atoms with van der Waals surface area (Å²) in [5, 5.41) is 10.3. The van der Waals surface area contributed by atoms with Crippen molar-refractivity contribution in [2.45, 2.75) is 11.5 Å². The lowest BCUT2D eigenvalue weighted by atomic mass is 9.64. The molecule has 2 aromatic carbocycles. The van der Waals surface area contributed by atoms with Crippen LogP contribution in [0.1, 0.15) is 15.9 Å². The highest BCUT2D eigenvalue weighted by atomic mass is 16.1. The Hall–Kier alpha value is -3.03. The molecule has 3 aromatic rings. The monoisotopic (exact) mass is 414 g/mol. The van der Waals surface area contributed by atoms with Gasteiger partial charge in [-0.15, -0.1) is 0 Å². The minimum atomic E-state index is -0.101. The summed E-state index contributed by atoms with van der Waals surface area (Å²) >= 11 is 0. The number of carbonyl (C=O) groups is 1. The van der Waals surface area contributed by atoms with Crippen molar-refractivity contribution in [3.05, 3.63) is 72.1 Å². The molecular weight excluding hydrogens is 388 g/mol. The molecule has 4 saturated heterocycles. The highest BCUT2D eigenvalue weighted by molar-refractivity contribution is 6.00. The Balaban J connectivity index is 1.38. The SMILES string of the molecule is O=C(N[C@H]1C2CN3CCN(C2)CC1(c1ccccc1)C3)c1ccccc1-c1ncn[nH]1. The molecule has 0 saturated carbocycles. The van der Waals surface area contributed by atoms with E-state index in [0.29, 0.717) is 17.3 Å². The summed E-state index contributed by atoms with van der Waals surface area (Å²) in [6.07, 6.45) is 1.47. The van der Waals surface area contributed by atoms with Crippen LogP contribution in [0.4, 0.5) is 0 Å². The van der Waals surface area contributed by atoms with Crippen molar-refractivity contribution in [1.29, 1.82) is 0 Å². The Labute approximate surface area is 181 Å². The van der Waals surface area contributed by atoms with Crippen LogP contribution < -0.4 is 5.32 Å². The average molecular weight is 415 g/mol. The molecule has 2 N–H and O–H groups in total. The normalized spacial score (nSPS) is 31.4. The number of fused-ring (bicyclic) bond motifs is 1. The maximum atomic E-state index is 13.6. The van der Waals surface area contributed by atoms with E-state index >= 15 is 0 Å². The molecule has 0 radical (unpaired) electrons. The van der Waals surface area contributed by atoms with Crippen LogP contribution in [0.5, 0.6) is 0 Å². The van der Waals surface area contributed by atoms with Crippen LogP contribution >= 0.6 is 0 Å². The standard InChI is InChI=1S/C24H26N6O/c31-23(20-9-5-4-8-19(20)22-25-16-26-28-22)27-21-17-12-29-10-11-30(13-17)15-24(21,14-29)18-6-2-1-3-7-18/h1-9,16-17,21H,10-15H2,(H,27,31)(H,25,26,28)/t17?,21-,24?/m0/s1. The van der Waals surface area contributed by atoms with Crippen molar-refractivity contribution in [2.75, 3.05) is 39.3 Å². The molecule has 1 aromatic heterocycles. The predicted octanol–water partition coefficient (Wildman–Crippen LogP) is 1.77. The first-order valence-electron chi connectivity index (χ1n) is 11.0. The first-order valence-corrected chi connectivity index (χ1v) is 11.0. The lowest BCUT2D eigenvalue weighted by Crippen LogP contribution is -2.70. The lowest BCUT2D eigenvalue weighted by Gasteiger charge is -2.55. The lowest BCUT2D eigenvalue weighted by molar-refractivity contribution is 0.0181. The molecule has 7 heteroatoms. The summed E-state index contributed by atoms with van der Waals surface area (Å²) in [6, 6.07) is 18.5. The summed E-state index contributed by atoms with van der Waals surface area (Å²) in [5.74, 6) is 0.984. The van der Waals surface area contributed by atoms with E-state index in [4.69, 9.17) is 0 Å². The topological polar surface area (TPSA) is 77.2 Å². The number of amides is 1. The van der Waals surface area contributed by atoms with Gasteiger partial charge in [0, 0.05) is 62.2 Å². The van der Waals surface area contributed by atoms with Crippen molar-refractivity contribution < 1.29 is 4.79 Å². The van der Waals surface area contributed by atoms with E-state index in [9.17, 15) is 4.79 Å². The molecule has 0 spiro atoms. The second-order valence-electron chi connectivity index (χ2n) is 9.08. The van der Waals surface area contributed by atoms with Crippen molar-refractivity contribution in [1.82, 2.24) is 30.3 Å². The van der Waals surface area contributed by atoms with Crippen molar-refractivity contribution in [3.8, 4) is 11.4 Å². The molecule has 3 atom stereocenters. The molecular formula is C24H26N6O. The molecule has 0 aliphatic carbocycles. The van der Waals surface area contributed by atoms with Gasteiger partial charge in [-0.3, -0.25) is 9.89 Å². The molecule has 4 aliphatic heterocycles. The summed E-state index contributed by atoms with van der Waals surface area (Å²) < 4.78 is 0. The third kappa shape index (κ3) is 3.07. The Morgan fingerprint density at radius 3 is 2.42 bits per heavy atom. The highest BCUT2D eigenvalue weighted by Crippen LogP contribution is 2.43. The van der Waals surface area contributed by atoms with Crippen LogP contribution in [-0.2, 0) is 5.41 Å². The second-order valence-corrected chi connectivity index (χ2v) is 9.08. The summed E-state index contributed by atoms with van der Waals surface area (Å²) in [4.78, 5) is 23.1. The second kappa shape index (κ2) is 7.28. The fraction of sp³-hybridized carbons (Fsp3) is 0.375. The number of hydrogen-bond acceptors (Lipinski definition) is 5. The number of H-pyrrole nitrogens is 1. The van der Waals surface area contributed by atoms with Gasteiger partial charge in [-0.1, -0.05) is 48.5 Å². The summed E-state index contributed by atoms with van der Waals surface area (Å²) in [6.45, 7) is 6.27. The summed E-state index contributed by atoms with van der Waals surface area (Å²) in [7, 11) is 0. The maximum absolute atomic E-state index is 13.6. The minimum Gasteiger partial charge on any atom is -0.348 e. The number of rotatable bonds is 4. The largest absolute Gasteiger partial charge is 0.348 e. The van der Waals surface area contributed by atoms with Gasteiger partial charge in [-0.05, 0) is 11.6 Å². The number of piperidine rings is 2. The molecule has 7 nitrogen and oxygen atoms in total. The molecule has 2 unspecified atom stereocenters. The zero-order valence-electron chi connectivity index (χ0n) is 17.4. The first-order chi connectivity index (χ1) is 15.2. The van der Waals surface area contributed by atoms with Gasteiger partial charge >= 0.3 is 0 Å². The molecule has 4 aliphatic rings.